The minimum Gasteiger partial charge on any atom is -0.266 e. The van der Waals surface area contributed by atoms with Crippen molar-refractivity contribution < 1.29 is 9.18 Å². The van der Waals surface area contributed by atoms with Crippen molar-refractivity contribution in [3.63, 3.8) is 0 Å². The maximum Gasteiger partial charge on any atom is 0.281 e. The lowest BCUT2D eigenvalue weighted by Gasteiger charge is -1.97. The second kappa shape index (κ2) is 5.88. The SMILES string of the molecule is O=C(N/N=C/c1ccc(F)c(Br)c1)c1cccs1. The third-order valence-electron chi connectivity index (χ3n) is 2.07. The third-order valence-corrected chi connectivity index (χ3v) is 3.54. The number of benzene rings is 1. The van der Waals surface area contributed by atoms with E-state index in [2.05, 4.69) is 26.5 Å². The summed E-state index contributed by atoms with van der Waals surface area (Å²) in [6.45, 7) is 0. The average molecular weight is 327 g/mol. The molecule has 6 heteroatoms. The number of rotatable bonds is 3. The Bertz CT molecular complexity index is 584. The van der Waals surface area contributed by atoms with Crippen LogP contribution in [0.5, 0.6) is 0 Å². The molecule has 18 heavy (non-hydrogen) atoms. The molecule has 92 valence electrons. The highest BCUT2D eigenvalue weighted by Crippen LogP contribution is 2.15. The highest BCUT2D eigenvalue weighted by molar-refractivity contribution is 9.10. The van der Waals surface area contributed by atoms with Crippen molar-refractivity contribution in [2.24, 2.45) is 5.10 Å². The van der Waals surface area contributed by atoms with Crippen molar-refractivity contribution in [3.05, 3.63) is 56.4 Å². The summed E-state index contributed by atoms with van der Waals surface area (Å²) < 4.78 is 13.3. The zero-order valence-electron chi connectivity index (χ0n) is 9.06. The fourth-order valence-corrected chi connectivity index (χ4v) is 2.23. The summed E-state index contributed by atoms with van der Waals surface area (Å²) in [7, 11) is 0. The Morgan fingerprint density at radius 1 is 1.44 bits per heavy atom. The van der Waals surface area contributed by atoms with E-state index in [9.17, 15) is 9.18 Å². The van der Waals surface area contributed by atoms with Crippen LogP contribution in [0.15, 0.2) is 45.3 Å². The first kappa shape index (κ1) is 12.9. The van der Waals surface area contributed by atoms with Gasteiger partial charge in [0.1, 0.15) is 5.82 Å². The second-order valence-electron chi connectivity index (χ2n) is 3.35. The van der Waals surface area contributed by atoms with Gasteiger partial charge in [-0.3, -0.25) is 4.79 Å². The molecule has 1 aromatic heterocycles. The molecule has 0 spiro atoms. The smallest absolute Gasteiger partial charge is 0.266 e. The van der Waals surface area contributed by atoms with Gasteiger partial charge in [-0.25, -0.2) is 9.82 Å². The lowest BCUT2D eigenvalue weighted by molar-refractivity contribution is 0.0959. The third kappa shape index (κ3) is 3.24. The lowest BCUT2D eigenvalue weighted by Crippen LogP contribution is -2.16. The van der Waals surface area contributed by atoms with Crippen molar-refractivity contribution in [3.8, 4) is 0 Å². The lowest BCUT2D eigenvalue weighted by atomic mass is 10.2. The Morgan fingerprint density at radius 2 is 2.28 bits per heavy atom. The number of hydrogen-bond donors (Lipinski definition) is 1. The molecule has 1 N–H and O–H groups in total. The molecule has 2 rings (SSSR count). The molecule has 1 heterocycles. The van der Waals surface area contributed by atoms with Crippen molar-refractivity contribution in [1.29, 1.82) is 0 Å². The van der Waals surface area contributed by atoms with E-state index in [1.165, 1.54) is 23.6 Å². The molecule has 2 aromatic rings. The van der Waals surface area contributed by atoms with E-state index in [1.807, 2.05) is 5.38 Å². The predicted octanol–water partition coefficient (Wildman–Crippen LogP) is 3.41. The number of amides is 1. The van der Waals surface area contributed by atoms with Crippen molar-refractivity contribution in [2.45, 2.75) is 0 Å². The van der Waals surface area contributed by atoms with Crippen LogP contribution in [0.4, 0.5) is 4.39 Å². The van der Waals surface area contributed by atoms with Crippen molar-refractivity contribution >= 4 is 39.4 Å². The number of hydrazone groups is 1. The van der Waals surface area contributed by atoms with Crippen LogP contribution in [0, 0.1) is 5.82 Å². The van der Waals surface area contributed by atoms with Crippen LogP contribution in [0.25, 0.3) is 0 Å². The molecule has 0 saturated heterocycles. The number of thiophene rings is 1. The second-order valence-corrected chi connectivity index (χ2v) is 5.15. The predicted molar refractivity (Wildman–Crippen MR) is 73.5 cm³/mol. The van der Waals surface area contributed by atoms with Crippen LogP contribution in [0.2, 0.25) is 0 Å². The highest BCUT2D eigenvalue weighted by atomic mass is 79.9. The number of carbonyl (C=O) groups excluding carboxylic acids is 1. The van der Waals surface area contributed by atoms with E-state index in [1.54, 1.807) is 24.3 Å². The summed E-state index contributed by atoms with van der Waals surface area (Å²) in [6.07, 6.45) is 1.45. The number of nitrogens with one attached hydrogen (secondary N) is 1. The molecule has 0 aliphatic heterocycles. The Hall–Kier alpha value is -1.53. The molecular weight excluding hydrogens is 319 g/mol. The maximum atomic E-state index is 13.0. The van der Waals surface area contributed by atoms with E-state index in [-0.39, 0.29) is 11.7 Å². The Labute approximate surface area is 115 Å². The summed E-state index contributed by atoms with van der Waals surface area (Å²) in [4.78, 5) is 12.1. The monoisotopic (exact) mass is 326 g/mol. The van der Waals surface area contributed by atoms with Crippen LogP contribution in [-0.2, 0) is 0 Å². The van der Waals surface area contributed by atoms with E-state index >= 15 is 0 Å². The molecule has 0 fully saturated rings. The quantitative estimate of drug-likeness (QED) is 0.681. The summed E-state index contributed by atoms with van der Waals surface area (Å²) in [5.41, 5.74) is 3.09. The first-order valence-electron chi connectivity index (χ1n) is 4.99. The molecule has 0 radical (unpaired) electrons. The molecular formula is C12H8BrFN2OS. The normalized spacial score (nSPS) is 10.8. The van der Waals surface area contributed by atoms with Crippen LogP contribution in [0.3, 0.4) is 0 Å². The molecule has 0 saturated carbocycles. The number of halogens is 2. The highest BCUT2D eigenvalue weighted by Gasteiger charge is 2.03. The van der Waals surface area contributed by atoms with Gasteiger partial charge in [0.15, 0.2) is 0 Å². The Balaban J connectivity index is 1.99. The Kier molecular flexibility index (Phi) is 4.22. The molecule has 3 nitrogen and oxygen atoms in total. The van der Waals surface area contributed by atoms with Gasteiger partial charge in [-0.05, 0) is 45.1 Å². The van der Waals surface area contributed by atoms with Crippen LogP contribution in [0.1, 0.15) is 15.2 Å². The molecule has 0 aliphatic rings. The molecule has 0 aliphatic carbocycles. The zero-order valence-corrected chi connectivity index (χ0v) is 11.5. The summed E-state index contributed by atoms with van der Waals surface area (Å²) in [6, 6.07) is 7.98. The van der Waals surface area contributed by atoms with Crippen molar-refractivity contribution in [1.82, 2.24) is 5.43 Å². The van der Waals surface area contributed by atoms with Gasteiger partial charge < -0.3 is 0 Å². The fourth-order valence-electron chi connectivity index (χ4n) is 1.22. The van der Waals surface area contributed by atoms with Gasteiger partial charge in [0.25, 0.3) is 5.91 Å². The van der Waals surface area contributed by atoms with E-state index in [4.69, 9.17) is 0 Å². The number of carbonyl (C=O) groups is 1. The first-order chi connectivity index (χ1) is 8.66. The average Bonchev–Trinajstić information content (AvgIpc) is 2.87. The summed E-state index contributed by atoms with van der Waals surface area (Å²) >= 11 is 4.41. The molecule has 1 amide bonds. The molecule has 1 aromatic carbocycles. The van der Waals surface area contributed by atoms with Gasteiger partial charge in [-0.2, -0.15) is 5.10 Å². The van der Waals surface area contributed by atoms with Gasteiger partial charge in [0.05, 0.1) is 15.6 Å². The van der Waals surface area contributed by atoms with Gasteiger partial charge in [-0.15, -0.1) is 11.3 Å². The van der Waals surface area contributed by atoms with Gasteiger partial charge in [0.2, 0.25) is 0 Å². The number of hydrogen-bond acceptors (Lipinski definition) is 3. The van der Waals surface area contributed by atoms with E-state index in [0.29, 0.717) is 14.9 Å². The minimum atomic E-state index is -0.338. The fraction of sp³-hybridized carbons (Fsp3) is 0. The largest absolute Gasteiger partial charge is 0.281 e. The summed E-state index contributed by atoms with van der Waals surface area (Å²) in [5.74, 6) is -0.600. The first-order valence-corrected chi connectivity index (χ1v) is 6.66. The van der Waals surface area contributed by atoms with E-state index in [0.717, 1.165) is 0 Å². The van der Waals surface area contributed by atoms with Crippen LogP contribution < -0.4 is 5.43 Å². The van der Waals surface area contributed by atoms with Crippen molar-refractivity contribution in [2.75, 3.05) is 0 Å². The van der Waals surface area contributed by atoms with Gasteiger partial charge in [0, 0.05) is 0 Å². The van der Waals surface area contributed by atoms with Gasteiger partial charge in [-0.1, -0.05) is 12.1 Å². The van der Waals surface area contributed by atoms with Gasteiger partial charge >= 0.3 is 0 Å². The number of nitrogens with zero attached hydrogens (tertiary/aromatic N) is 1. The Morgan fingerprint density at radius 3 is 2.94 bits per heavy atom. The standard InChI is InChI=1S/C12H8BrFN2OS/c13-9-6-8(3-4-10(9)14)7-15-16-12(17)11-2-1-5-18-11/h1-7H,(H,16,17)/b15-7+. The summed E-state index contributed by atoms with van der Waals surface area (Å²) in [5, 5.41) is 5.62. The minimum absolute atomic E-state index is 0.262. The molecule has 0 atom stereocenters. The van der Waals surface area contributed by atoms with Crippen LogP contribution in [-0.4, -0.2) is 12.1 Å². The molecule has 0 bridgehead atoms. The molecule has 0 unspecified atom stereocenters. The van der Waals surface area contributed by atoms with Crippen LogP contribution >= 0.6 is 27.3 Å². The zero-order chi connectivity index (χ0) is 13.0. The van der Waals surface area contributed by atoms with E-state index < -0.39 is 0 Å². The topological polar surface area (TPSA) is 41.5 Å². The maximum absolute atomic E-state index is 13.0.